The summed E-state index contributed by atoms with van der Waals surface area (Å²) < 4.78 is 20.3. The predicted octanol–water partition coefficient (Wildman–Crippen LogP) is 10.4. The SMILES string of the molecule is Cc1[c-]c(=O)n(-c2ccccc2)n1C.Cc1[c-]c(=O)n(-c2ccccc2)n1C.Cc1[c-]c(=O)n(-c2ccccc2)n1C.Cc1[c-]c(=O)n(-c2ccccc2)n1C.Cc1[c-]c(=O)n(-c2ccccc2)n1C.Cc1[c-]c(=O)n(-c2ccccc2)n1C.[I][Tb]([I])[I]. The van der Waals surface area contributed by atoms with E-state index in [1.165, 1.54) is 0 Å². The first-order chi connectivity index (χ1) is 41.9. The molecule has 6 aromatic heterocycles. The van der Waals surface area contributed by atoms with Crippen LogP contribution < -0.4 is 33.4 Å². The van der Waals surface area contributed by atoms with Crippen molar-refractivity contribution >= 4 is 44.3 Å². The van der Waals surface area contributed by atoms with Crippen molar-refractivity contribution in [3.63, 3.8) is 0 Å². The summed E-state index contributed by atoms with van der Waals surface area (Å²) in [5.74, 6) is 0. The molecule has 12 rings (SSSR count). The molecule has 0 bridgehead atoms. The van der Waals surface area contributed by atoms with Gasteiger partial charge in [0.25, 0.3) is 0 Å². The van der Waals surface area contributed by atoms with Gasteiger partial charge < -0.3 is 93.3 Å². The molecule has 0 radical (unpaired) electrons. The van der Waals surface area contributed by atoms with Gasteiger partial charge in [-0.05, 0) is 72.8 Å². The van der Waals surface area contributed by atoms with Gasteiger partial charge >= 0.3 is 61.1 Å². The number of halogens is 3. The first-order valence-corrected chi connectivity index (χ1v) is 45.4. The summed E-state index contributed by atoms with van der Waals surface area (Å²) in [4.78, 5) is 69.3. The number of rotatable bonds is 6. The van der Waals surface area contributed by atoms with Crippen molar-refractivity contribution in [3.05, 3.63) is 315 Å². The second-order valence-corrected chi connectivity index (χ2v) is 66.8. The Morgan fingerprint density at radius 2 is 0.341 bits per heavy atom. The number of aryl methyl sites for hydroxylation is 6. The Morgan fingerprint density at radius 1 is 0.239 bits per heavy atom. The number of hydrogen-bond donors (Lipinski definition) is 0. The zero-order valence-electron chi connectivity index (χ0n) is 50.6. The minimum atomic E-state index is -0.423. The average Bonchev–Trinajstić information content (AvgIpc) is 3.18. The molecule has 18 nitrogen and oxygen atoms in total. The second-order valence-electron chi connectivity index (χ2n) is 19.3. The fourth-order valence-corrected chi connectivity index (χ4v) is 8.61. The summed E-state index contributed by atoms with van der Waals surface area (Å²) in [5.41, 5.74) is 9.50. The van der Waals surface area contributed by atoms with Crippen LogP contribution in [0.3, 0.4) is 0 Å². The van der Waals surface area contributed by atoms with E-state index >= 15 is 0 Å². The zero-order valence-corrected chi connectivity index (χ0v) is 59.2. The molecule has 6 aromatic carbocycles. The molecule has 0 fully saturated rings. The van der Waals surface area contributed by atoms with E-state index in [1.54, 1.807) is 56.2 Å². The van der Waals surface area contributed by atoms with E-state index in [-0.39, 0.29) is 33.4 Å². The summed E-state index contributed by atoms with van der Waals surface area (Å²) in [7, 11) is 11.1. The van der Waals surface area contributed by atoms with E-state index in [0.717, 1.165) is 68.3 Å². The molecule has 0 saturated heterocycles. The molecule has 6 heterocycles. The molecule has 0 saturated carbocycles. The third-order valence-electron chi connectivity index (χ3n) is 13.6. The number of benzene rings is 6. The van der Waals surface area contributed by atoms with Gasteiger partial charge in [-0.15, -0.1) is 34.2 Å². The van der Waals surface area contributed by atoms with Crippen molar-refractivity contribution in [3.8, 4) is 34.1 Å². The van der Waals surface area contributed by atoms with Gasteiger partial charge in [0.15, 0.2) is 0 Å². The van der Waals surface area contributed by atoms with Crippen molar-refractivity contribution in [2.24, 2.45) is 42.3 Å². The number of hydrogen-bond acceptors (Lipinski definition) is 6. The van der Waals surface area contributed by atoms with Gasteiger partial charge in [-0.25, -0.2) is 0 Å². The summed E-state index contributed by atoms with van der Waals surface area (Å²) in [5, 5.41) is 0. The van der Waals surface area contributed by atoms with E-state index in [2.05, 4.69) is 80.7 Å². The van der Waals surface area contributed by atoms with E-state index < -0.39 is 16.8 Å². The van der Waals surface area contributed by atoms with Crippen LogP contribution in [0.5, 0.6) is 0 Å². The molecule has 88 heavy (non-hydrogen) atoms. The van der Waals surface area contributed by atoms with Gasteiger partial charge in [-0.2, -0.15) is 0 Å². The molecule has 0 unspecified atom stereocenters. The standard InChI is InChI=1S/6C11H11N2O.3HI.Tb/c6*1-9-8-11(14)13(12(9)2)10-6-4-3-5-7-10;;;;/h6*3-7H,1-2H3;3*1H;/q6*-1;;;;+3/p-3. The zero-order chi connectivity index (χ0) is 64.4. The predicted molar refractivity (Wildman–Crippen MR) is 370 cm³/mol. The quantitative estimate of drug-likeness (QED) is 0.119. The summed E-state index contributed by atoms with van der Waals surface area (Å²) in [6.45, 7) is 11.2. The average molecular weight is 1660 g/mol. The molecule has 0 aliphatic heterocycles. The van der Waals surface area contributed by atoms with Crippen LogP contribution in [-0.2, 0) is 42.3 Å². The Labute approximate surface area is 543 Å². The van der Waals surface area contributed by atoms with Crippen molar-refractivity contribution in [2.75, 3.05) is 0 Å². The van der Waals surface area contributed by atoms with Crippen LogP contribution in [0.2, 0.25) is 0 Å². The fourth-order valence-electron chi connectivity index (χ4n) is 8.61. The Balaban J connectivity index is 0.000000166. The first-order valence-electron chi connectivity index (χ1n) is 27.0. The van der Waals surface area contributed by atoms with Crippen LogP contribution in [0.15, 0.2) is 211 Å². The van der Waals surface area contributed by atoms with Crippen molar-refractivity contribution in [1.82, 2.24) is 56.2 Å². The fraction of sp³-hybridized carbons (Fsp3) is 0.182. The summed E-state index contributed by atoms with van der Waals surface area (Å²) >= 11 is 7.03. The Bertz CT molecular complexity index is 3780. The van der Waals surface area contributed by atoms with Gasteiger partial charge in [0, 0.05) is 42.3 Å². The van der Waals surface area contributed by atoms with E-state index in [9.17, 15) is 28.8 Å². The third-order valence-corrected chi connectivity index (χ3v) is 13.6. The van der Waals surface area contributed by atoms with Crippen molar-refractivity contribution < 1.29 is 16.8 Å². The van der Waals surface area contributed by atoms with Crippen LogP contribution in [0.25, 0.3) is 34.1 Å². The normalized spacial score (nSPS) is 10.5. The van der Waals surface area contributed by atoms with Crippen LogP contribution in [0.4, 0.5) is 0 Å². The molecule has 22 heteroatoms. The molecule has 0 aliphatic rings. The summed E-state index contributed by atoms with van der Waals surface area (Å²) in [6.07, 6.45) is 0. The third kappa shape index (κ3) is 18.5. The van der Waals surface area contributed by atoms with E-state index in [1.807, 2.05) is 266 Å². The molecule has 12 aromatic rings. The van der Waals surface area contributed by atoms with Crippen LogP contribution in [0.1, 0.15) is 34.2 Å². The number of para-hydroxylation sites is 6. The maximum absolute atomic E-state index is 11.5. The number of aromatic nitrogens is 12. The van der Waals surface area contributed by atoms with E-state index in [4.69, 9.17) is 0 Å². The molecular formula is C66H66I3N12O6Tb-6. The first kappa shape index (κ1) is 69.9. The second kappa shape index (κ2) is 33.4. The van der Waals surface area contributed by atoms with Gasteiger partial charge in [0.1, 0.15) is 0 Å². The van der Waals surface area contributed by atoms with Gasteiger partial charge in [-0.3, -0.25) is 28.1 Å². The van der Waals surface area contributed by atoms with Crippen LogP contribution >= 0.6 is 44.3 Å². The van der Waals surface area contributed by atoms with E-state index in [0.29, 0.717) is 0 Å². The van der Waals surface area contributed by atoms with Gasteiger partial charge in [0.05, 0.1) is 67.5 Å². The van der Waals surface area contributed by atoms with Crippen molar-refractivity contribution in [2.45, 2.75) is 41.5 Å². The number of nitrogens with zero attached hydrogens (tertiary/aromatic N) is 12. The summed E-state index contributed by atoms with van der Waals surface area (Å²) in [6, 6.07) is 73.7. The Hall–Kier alpha value is -7.14. The molecule has 0 spiro atoms. The Kier molecular flexibility index (Phi) is 26.6. The topological polar surface area (TPSA) is 162 Å². The van der Waals surface area contributed by atoms with Crippen LogP contribution in [0, 0.1) is 94.8 Å². The van der Waals surface area contributed by atoms with Crippen LogP contribution in [-0.4, -0.2) is 56.2 Å². The molecule has 0 N–H and O–H groups in total. The molecule has 0 atom stereocenters. The van der Waals surface area contributed by atoms with Gasteiger partial charge in [-0.1, -0.05) is 151 Å². The van der Waals surface area contributed by atoms with Gasteiger partial charge in [0.2, 0.25) is 0 Å². The monoisotopic (exact) mass is 1660 g/mol. The minimum absolute atomic E-state index is 0.115. The molecular weight excluding hydrogens is 1600 g/mol. The maximum atomic E-state index is 11.5. The molecule has 0 amide bonds. The molecule has 462 valence electrons. The van der Waals surface area contributed by atoms with Crippen molar-refractivity contribution in [1.29, 1.82) is 0 Å². The molecule has 0 aliphatic carbocycles. The Morgan fingerprint density at radius 3 is 0.420 bits per heavy atom.